The van der Waals surface area contributed by atoms with Crippen LogP contribution in [0.1, 0.15) is 49.8 Å². The fourth-order valence-corrected chi connectivity index (χ4v) is 3.65. The molecule has 0 saturated carbocycles. The minimum absolute atomic E-state index is 0.0211. The van der Waals surface area contributed by atoms with Crippen LogP contribution in [0.2, 0.25) is 0 Å². The molecule has 3 rings (SSSR count). The van der Waals surface area contributed by atoms with E-state index in [-0.39, 0.29) is 24.3 Å². The van der Waals surface area contributed by atoms with E-state index in [1.165, 1.54) is 6.07 Å². The number of nitrogens with zero attached hydrogens (tertiary/aromatic N) is 1. The molecule has 0 spiro atoms. The van der Waals surface area contributed by atoms with Crippen molar-refractivity contribution in [2.24, 2.45) is 13.0 Å². The number of aryl methyl sites for hydroxylation is 1. The van der Waals surface area contributed by atoms with E-state index in [2.05, 4.69) is 5.32 Å². The summed E-state index contributed by atoms with van der Waals surface area (Å²) in [6.07, 6.45) is -2.45. The van der Waals surface area contributed by atoms with Crippen molar-refractivity contribution in [3.63, 3.8) is 0 Å². The predicted octanol–water partition coefficient (Wildman–Crippen LogP) is 5.88. The lowest BCUT2D eigenvalue weighted by atomic mass is 9.87. The van der Waals surface area contributed by atoms with Gasteiger partial charge in [-0.15, -0.1) is 0 Å². The molecule has 3 nitrogen and oxygen atoms in total. The van der Waals surface area contributed by atoms with Crippen molar-refractivity contribution in [1.82, 2.24) is 9.88 Å². The van der Waals surface area contributed by atoms with Gasteiger partial charge in [0.2, 0.25) is 5.91 Å². The van der Waals surface area contributed by atoms with Crippen molar-refractivity contribution in [2.45, 2.75) is 45.3 Å². The fraction of sp³-hybridized carbons (Fsp3) is 0.375. The molecule has 0 aliphatic rings. The van der Waals surface area contributed by atoms with Gasteiger partial charge < -0.3 is 9.88 Å². The van der Waals surface area contributed by atoms with Crippen molar-refractivity contribution < 1.29 is 18.0 Å². The molecule has 0 aliphatic carbocycles. The van der Waals surface area contributed by atoms with Gasteiger partial charge in [0.15, 0.2) is 0 Å². The zero-order valence-corrected chi connectivity index (χ0v) is 17.6. The van der Waals surface area contributed by atoms with Gasteiger partial charge in [0.25, 0.3) is 0 Å². The second kappa shape index (κ2) is 8.54. The number of para-hydroxylation sites is 1. The van der Waals surface area contributed by atoms with Gasteiger partial charge in [-0.3, -0.25) is 4.79 Å². The molecule has 2 atom stereocenters. The van der Waals surface area contributed by atoms with Gasteiger partial charge in [-0.1, -0.05) is 50.2 Å². The Balaban J connectivity index is 2.06. The number of carbonyl (C=O) groups excluding carboxylic acids is 1. The van der Waals surface area contributed by atoms with Crippen LogP contribution in [0, 0.1) is 5.92 Å². The predicted molar refractivity (Wildman–Crippen MR) is 113 cm³/mol. The molecule has 6 heteroatoms. The van der Waals surface area contributed by atoms with E-state index >= 15 is 0 Å². The molecule has 2 aromatic carbocycles. The highest BCUT2D eigenvalue weighted by Gasteiger charge is 2.32. The minimum Gasteiger partial charge on any atom is -0.353 e. The molecule has 3 aromatic rings. The van der Waals surface area contributed by atoms with Gasteiger partial charge in [0.05, 0.1) is 5.56 Å². The van der Waals surface area contributed by atoms with Crippen LogP contribution in [0.5, 0.6) is 0 Å². The average molecular weight is 416 g/mol. The monoisotopic (exact) mass is 416 g/mol. The van der Waals surface area contributed by atoms with Gasteiger partial charge in [-0.2, -0.15) is 13.2 Å². The molecule has 1 aromatic heterocycles. The maximum atomic E-state index is 13.3. The smallest absolute Gasteiger partial charge is 0.353 e. The van der Waals surface area contributed by atoms with Gasteiger partial charge in [0.1, 0.15) is 0 Å². The van der Waals surface area contributed by atoms with E-state index in [1.54, 1.807) is 6.07 Å². The lowest BCUT2D eigenvalue weighted by Crippen LogP contribution is -2.36. The number of hydrogen-bond acceptors (Lipinski definition) is 1. The molecule has 0 saturated heterocycles. The Hall–Kier alpha value is -2.76. The molecule has 1 N–H and O–H groups in total. The number of carbonyl (C=O) groups is 1. The summed E-state index contributed by atoms with van der Waals surface area (Å²) in [5, 5.41) is 3.92. The quantitative estimate of drug-likeness (QED) is 0.535. The Kier molecular flexibility index (Phi) is 6.25. The lowest BCUT2D eigenvalue weighted by Gasteiger charge is -2.22. The van der Waals surface area contributed by atoms with E-state index < -0.39 is 17.7 Å². The van der Waals surface area contributed by atoms with E-state index in [0.29, 0.717) is 5.56 Å². The standard InChI is InChI=1S/C24H27F3N2O/c1-15(2)16(3)28-23(30)13-20(17-8-7-9-18(12-17)24(25,26)27)21-14-29(4)22-11-6-5-10-19(21)22/h5-12,14-16,20H,13H2,1-4H3,(H,28,30)/t16-,20-/m0/s1. The largest absolute Gasteiger partial charge is 0.416 e. The number of halogens is 3. The molecule has 160 valence electrons. The summed E-state index contributed by atoms with van der Waals surface area (Å²) in [6, 6.07) is 13.0. The molecule has 30 heavy (non-hydrogen) atoms. The number of amides is 1. The number of aromatic nitrogens is 1. The number of rotatable bonds is 6. The van der Waals surface area contributed by atoms with Crippen LogP contribution in [0.25, 0.3) is 10.9 Å². The number of fused-ring (bicyclic) bond motifs is 1. The van der Waals surface area contributed by atoms with Crippen molar-refractivity contribution >= 4 is 16.8 Å². The summed E-state index contributed by atoms with van der Waals surface area (Å²) in [4.78, 5) is 12.8. The Labute approximate surface area is 174 Å². The Morgan fingerprint density at radius 3 is 2.43 bits per heavy atom. The van der Waals surface area contributed by atoms with Crippen LogP contribution in [-0.2, 0) is 18.0 Å². The third-order valence-electron chi connectivity index (χ3n) is 5.70. The molecule has 1 heterocycles. The minimum atomic E-state index is -4.44. The first kappa shape index (κ1) is 21.9. The van der Waals surface area contributed by atoms with E-state index in [1.807, 2.05) is 62.8 Å². The molecule has 0 fully saturated rings. The number of hydrogen-bond donors (Lipinski definition) is 1. The van der Waals surface area contributed by atoms with Crippen molar-refractivity contribution in [1.29, 1.82) is 0 Å². The maximum absolute atomic E-state index is 13.3. The van der Waals surface area contributed by atoms with E-state index in [4.69, 9.17) is 0 Å². The highest BCUT2D eigenvalue weighted by Crippen LogP contribution is 2.37. The fourth-order valence-electron chi connectivity index (χ4n) is 3.65. The molecule has 0 bridgehead atoms. The zero-order chi connectivity index (χ0) is 22.1. The Morgan fingerprint density at radius 2 is 1.77 bits per heavy atom. The van der Waals surface area contributed by atoms with Crippen LogP contribution in [0.15, 0.2) is 54.7 Å². The molecule has 0 radical (unpaired) electrons. The summed E-state index contributed by atoms with van der Waals surface area (Å²) in [5.41, 5.74) is 1.59. The summed E-state index contributed by atoms with van der Waals surface area (Å²) >= 11 is 0. The van der Waals surface area contributed by atoms with Crippen LogP contribution in [-0.4, -0.2) is 16.5 Å². The Morgan fingerprint density at radius 1 is 1.07 bits per heavy atom. The zero-order valence-electron chi connectivity index (χ0n) is 17.6. The van der Waals surface area contributed by atoms with Gasteiger partial charge in [-0.25, -0.2) is 0 Å². The normalized spacial score (nSPS) is 14.1. The van der Waals surface area contributed by atoms with E-state index in [9.17, 15) is 18.0 Å². The summed E-state index contributed by atoms with van der Waals surface area (Å²) < 4.78 is 41.9. The maximum Gasteiger partial charge on any atom is 0.416 e. The summed E-state index contributed by atoms with van der Waals surface area (Å²) in [7, 11) is 1.90. The molecular formula is C24H27F3N2O. The van der Waals surface area contributed by atoms with Gasteiger partial charge in [-0.05, 0) is 36.1 Å². The lowest BCUT2D eigenvalue weighted by molar-refractivity contribution is -0.137. The van der Waals surface area contributed by atoms with Crippen molar-refractivity contribution in [2.75, 3.05) is 0 Å². The average Bonchev–Trinajstić information content (AvgIpc) is 3.02. The second-order valence-electron chi connectivity index (χ2n) is 8.19. The van der Waals surface area contributed by atoms with Crippen LogP contribution < -0.4 is 5.32 Å². The molecular weight excluding hydrogens is 389 g/mol. The first-order chi connectivity index (χ1) is 14.1. The van der Waals surface area contributed by atoms with Crippen molar-refractivity contribution in [3.05, 3.63) is 71.4 Å². The number of benzene rings is 2. The SMILES string of the molecule is CC(C)[C@H](C)NC(=O)C[C@@H](c1cccc(C(F)(F)F)c1)c1cn(C)c2ccccc12. The van der Waals surface area contributed by atoms with Crippen LogP contribution in [0.4, 0.5) is 13.2 Å². The third-order valence-corrected chi connectivity index (χ3v) is 5.70. The first-order valence-electron chi connectivity index (χ1n) is 10.1. The van der Waals surface area contributed by atoms with Crippen LogP contribution >= 0.6 is 0 Å². The van der Waals surface area contributed by atoms with Gasteiger partial charge >= 0.3 is 6.18 Å². The highest BCUT2D eigenvalue weighted by atomic mass is 19.4. The first-order valence-corrected chi connectivity index (χ1v) is 10.1. The van der Waals surface area contributed by atoms with Crippen molar-refractivity contribution in [3.8, 4) is 0 Å². The van der Waals surface area contributed by atoms with E-state index in [0.717, 1.165) is 28.6 Å². The molecule has 0 aliphatic heterocycles. The second-order valence-corrected chi connectivity index (χ2v) is 8.19. The molecule has 1 amide bonds. The topological polar surface area (TPSA) is 34.0 Å². The Bertz CT molecular complexity index is 1040. The summed E-state index contributed by atoms with van der Waals surface area (Å²) in [5.74, 6) is -0.400. The molecule has 0 unspecified atom stereocenters. The summed E-state index contributed by atoms with van der Waals surface area (Å²) in [6.45, 7) is 5.96. The number of alkyl halides is 3. The van der Waals surface area contributed by atoms with Crippen LogP contribution in [0.3, 0.4) is 0 Å². The number of nitrogens with one attached hydrogen (secondary N) is 1. The third kappa shape index (κ3) is 4.69. The van der Waals surface area contributed by atoms with Gasteiger partial charge in [0, 0.05) is 42.5 Å². The highest BCUT2D eigenvalue weighted by molar-refractivity contribution is 5.86.